The van der Waals surface area contributed by atoms with Gasteiger partial charge >= 0.3 is 0 Å². The summed E-state index contributed by atoms with van der Waals surface area (Å²) in [7, 11) is 0. The number of hydrogen-bond acceptors (Lipinski definition) is 4. The number of rotatable bonds is 6. The number of hydrogen-bond donors (Lipinski definition) is 1. The Morgan fingerprint density at radius 1 is 1.39 bits per heavy atom. The molecule has 0 bridgehead atoms. The van der Waals surface area contributed by atoms with Crippen molar-refractivity contribution in [1.82, 2.24) is 10.3 Å². The zero-order valence-electron chi connectivity index (χ0n) is 10.8. The summed E-state index contributed by atoms with van der Waals surface area (Å²) in [6, 6.07) is 3.44. The molecule has 5 heteroatoms. The molecule has 0 aliphatic carbocycles. The van der Waals surface area contributed by atoms with E-state index in [1.165, 1.54) is 6.20 Å². The molecule has 0 fully saturated rings. The van der Waals surface area contributed by atoms with Crippen LogP contribution in [0.1, 0.15) is 20.8 Å². The van der Waals surface area contributed by atoms with Crippen LogP contribution in [0.2, 0.25) is 0 Å². The van der Waals surface area contributed by atoms with Gasteiger partial charge in [-0.05, 0) is 19.1 Å². The standard InChI is InChI=1S/C13H18N2O3/c1-9(2)12(16)8-15-13(17)10(3)18-11-5-4-6-14-7-11/h4-7,9-10H,8H2,1-3H3,(H,15,17). The first kappa shape index (κ1) is 14.2. The van der Waals surface area contributed by atoms with Gasteiger partial charge in [-0.25, -0.2) is 0 Å². The molecule has 0 spiro atoms. The maximum atomic E-state index is 11.7. The zero-order valence-corrected chi connectivity index (χ0v) is 10.8. The molecule has 1 aromatic heterocycles. The molecule has 0 aliphatic heterocycles. The van der Waals surface area contributed by atoms with Crippen molar-refractivity contribution in [2.45, 2.75) is 26.9 Å². The number of carbonyl (C=O) groups is 2. The van der Waals surface area contributed by atoms with Gasteiger partial charge in [0.1, 0.15) is 5.75 Å². The van der Waals surface area contributed by atoms with E-state index in [4.69, 9.17) is 4.74 Å². The second kappa shape index (κ2) is 6.74. The van der Waals surface area contributed by atoms with E-state index in [0.717, 1.165) is 0 Å². The Hall–Kier alpha value is -1.91. The monoisotopic (exact) mass is 250 g/mol. The lowest BCUT2D eigenvalue weighted by Gasteiger charge is -2.14. The lowest BCUT2D eigenvalue weighted by molar-refractivity contribution is -0.130. The van der Waals surface area contributed by atoms with Gasteiger partial charge in [0.05, 0.1) is 12.7 Å². The summed E-state index contributed by atoms with van der Waals surface area (Å²) in [6.45, 7) is 5.26. The average Bonchev–Trinajstić information content (AvgIpc) is 2.36. The van der Waals surface area contributed by atoms with Crippen molar-refractivity contribution in [3.05, 3.63) is 24.5 Å². The van der Waals surface area contributed by atoms with E-state index in [1.54, 1.807) is 39.1 Å². The van der Waals surface area contributed by atoms with Gasteiger partial charge in [0.25, 0.3) is 5.91 Å². The number of nitrogens with zero attached hydrogens (tertiary/aromatic N) is 1. The molecule has 1 amide bonds. The van der Waals surface area contributed by atoms with Gasteiger partial charge in [-0.3, -0.25) is 14.6 Å². The van der Waals surface area contributed by atoms with E-state index in [-0.39, 0.29) is 24.2 Å². The maximum absolute atomic E-state index is 11.7. The maximum Gasteiger partial charge on any atom is 0.261 e. The molecule has 1 heterocycles. The molecule has 1 unspecified atom stereocenters. The van der Waals surface area contributed by atoms with Crippen LogP contribution in [0.4, 0.5) is 0 Å². The van der Waals surface area contributed by atoms with Gasteiger partial charge < -0.3 is 10.1 Å². The fourth-order valence-corrected chi connectivity index (χ4v) is 1.20. The second-order valence-corrected chi connectivity index (χ2v) is 4.29. The minimum Gasteiger partial charge on any atom is -0.479 e. The minimum atomic E-state index is -0.658. The first-order valence-corrected chi connectivity index (χ1v) is 5.87. The largest absolute Gasteiger partial charge is 0.479 e. The first-order chi connectivity index (χ1) is 8.50. The van der Waals surface area contributed by atoms with Crippen LogP contribution < -0.4 is 10.1 Å². The molecule has 0 saturated carbocycles. The van der Waals surface area contributed by atoms with Crippen LogP contribution >= 0.6 is 0 Å². The van der Waals surface area contributed by atoms with E-state index in [0.29, 0.717) is 5.75 Å². The van der Waals surface area contributed by atoms with Crippen molar-refractivity contribution < 1.29 is 14.3 Å². The summed E-state index contributed by atoms with van der Waals surface area (Å²) in [5, 5.41) is 2.55. The predicted molar refractivity (Wildman–Crippen MR) is 67.2 cm³/mol. The molecule has 18 heavy (non-hydrogen) atoms. The summed E-state index contributed by atoms with van der Waals surface area (Å²) in [5.41, 5.74) is 0. The number of ketones is 1. The third-order valence-corrected chi connectivity index (χ3v) is 2.40. The third kappa shape index (κ3) is 4.53. The molecule has 0 aliphatic rings. The summed E-state index contributed by atoms with van der Waals surface area (Å²) in [5.74, 6) is 0.125. The van der Waals surface area contributed by atoms with Crippen molar-refractivity contribution in [2.24, 2.45) is 5.92 Å². The molecule has 0 saturated heterocycles. The molecule has 1 aromatic rings. The van der Waals surface area contributed by atoms with Gasteiger partial charge in [-0.15, -0.1) is 0 Å². The highest BCUT2D eigenvalue weighted by Crippen LogP contribution is 2.08. The number of ether oxygens (including phenoxy) is 1. The Balaban J connectivity index is 2.40. The number of carbonyl (C=O) groups excluding carboxylic acids is 2. The van der Waals surface area contributed by atoms with E-state index in [2.05, 4.69) is 10.3 Å². The van der Waals surface area contributed by atoms with E-state index in [1.807, 2.05) is 0 Å². The van der Waals surface area contributed by atoms with Crippen LogP contribution in [0, 0.1) is 5.92 Å². The van der Waals surface area contributed by atoms with Crippen LogP contribution in [0.25, 0.3) is 0 Å². The van der Waals surface area contributed by atoms with Crippen molar-refractivity contribution >= 4 is 11.7 Å². The Morgan fingerprint density at radius 2 is 2.11 bits per heavy atom. The zero-order chi connectivity index (χ0) is 13.5. The summed E-state index contributed by atoms with van der Waals surface area (Å²) in [6.07, 6.45) is 2.50. The normalized spacial score (nSPS) is 12.0. The van der Waals surface area contributed by atoms with Gasteiger partial charge in [0.15, 0.2) is 11.9 Å². The van der Waals surface area contributed by atoms with E-state index >= 15 is 0 Å². The molecule has 1 N–H and O–H groups in total. The van der Waals surface area contributed by atoms with E-state index < -0.39 is 6.10 Å². The van der Waals surface area contributed by atoms with Crippen LogP contribution in [0.5, 0.6) is 5.75 Å². The Kier molecular flexibility index (Phi) is 5.30. The Bertz CT molecular complexity index is 404. The van der Waals surface area contributed by atoms with Gasteiger partial charge in [-0.2, -0.15) is 0 Å². The minimum absolute atomic E-state index is 0.00284. The second-order valence-electron chi connectivity index (χ2n) is 4.29. The van der Waals surface area contributed by atoms with Crippen molar-refractivity contribution in [2.75, 3.05) is 6.54 Å². The number of amides is 1. The Morgan fingerprint density at radius 3 is 2.67 bits per heavy atom. The van der Waals surface area contributed by atoms with Crippen LogP contribution in [-0.2, 0) is 9.59 Å². The van der Waals surface area contributed by atoms with Crippen LogP contribution in [-0.4, -0.2) is 29.3 Å². The van der Waals surface area contributed by atoms with Gasteiger partial charge in [0, 0.05) is 12.1 Å². The topological polar surface area (TPSA) is 68.3 Å². The average molecular weight is 250 g/mol. The van der Waals surface area contributed by atoms with Crippen LogP contribution in [0.15, 0.2) is 24.5 Å². The predicted octanol–water partition coefficient (Wildman–Crippen LogP) is 1.19. The van der Waals surface area contributed by atoms with Crippen molar-refractivity contribution in [1.29, 1.82) is 0 Å². The number of Topliss-reactive ketones (excluding diaryl/α,β-unsaturated/α-hetero) is 1. The van der Waals surface area contributed by atoms with Crippen molar-refractivity contribution in [3.63, 3.8) is 0 Å². The van der Waals surface area contributed by atoms with Gasteiger partial charge in [-0.1, -0.05) is 13.8 Å². The van der Waals surface area contributed by atoms with Crippen LogP contribution in [0.3, 0.4) is 0 Å². The molecule has 1 atom stereocenters. The molecular formula is C13H18N2O3. The highest BCUT2D eigenvalue weighted by molar-refractivity contribution is 5.88. The highest BCUT2D eigenvalue weighted by Gasteiger charge is 2.16. The first-order valence-electron chi connectivity index (χ1n) is 5.87. The molecule has 1 rings (SSSR count). The summed E-state index contributed by atoms with van der Waals surface area (Å²) in [4.78, 5) is 26.9. The molecule has 98 valence electrons. The number of aromatic nitrogens is 1. The molecule has 0 aromatic carbocycles. The quantitative estimate of drug-likeness (QED) is 0.823. The number of nitrogens with one attached hydrogen (secondary N) is 1. The highest BCUT2D eigenvalue weighted by atomic mass is 16.5. The lowest BCUT2D eigenvalue weighted by atomic mass is 10.1. The molecular weight excluding hydrogens is 232 g/mol. The molecule has 5 nitrogen and oxygen atoms in total. The fourth-order valence-electron chi connectivity index (χ4n) is 1.20. The van der Waals surface area contributed by atoms with Gasteiger partial charge in [0.2, 0.25) is 0 Å². The Labute approximate surface area is 107 Å². The summed E-state index contributed by atoms with van der Waals surface area (Å²) < 4.78 is 5.38. The lowest BCUT2D eigenvalue weighted by Crippen LogP contribution is -2.39. The SMILES string of the molecule is CC(C)C(=O)CNC(=O)C(C)Oc1cccnc1. The van der Waals surface area contributed by atoms with Crippen molar-refractivity contribution in [3.8, 4) is 5.75 Å². The third-order valence-electron chi connectivity index (χ3n) is 2.40. The number of pyridine rings is 1. The van der Waals surface area contributed by atoms with E-state index in [9.17, 15) is 9.59 Å². The molecule has 0 radical (unpaired) electrons. The summed E-state index contributed by atoms with van der Waals surface area (Å²) >= 11 is 0. The smallest absolute Gasteiger partial charge is 0.261 e. The fraction of sp³-hybridized carbons (Fsp3) is 0.462.